The first kappa shape index (κ1) is 13.1. The van der Waals surface area contributed by atoms with Crippen molar-refractivity contribution in [3.63, 3.8) is 0 Å². The van der Waals surface area contributed by atoms with Crippen molar-refractivity contribution in [2.24, 2.45) is 0 Å². The van der Waals surface area contributed by atoms with Gasteiger partial charge in [-0.05, 0) is 12.5 Å². The molecular weight excluding hydrogens is 218 g/mol. The van der Waals surface area contributed by atoms with Crippen LogP contribution < -0.4 is 5.32 Å². The maximum Gasteiger partial charge on any atom is 0.408 e. The Morgan fingerprint density at radius 3 is 2.71 bits per heavy atom. The molecule has 90 valence electrons. The number of alkyl carbamates (subject to hydrolysis) is 1. The third-order valence-corrected chi connectivity index (χ3v) is 2.23. The SMILES string of the molecule is C#C[C@](C)(CO)NC(=O)OCc1ccccc1. The van der Waals surface area contributed by atoms with Gasteiger partial charge >= 0.3 is 6.09 Å². The van der Waals surface area contributed by atoms with Crippen LogP contribution in [0.3, 0.4) is 0 Å². The summed E-state index contributed by atoms with van der Waals surface area (Å²) in [6.45, 7) is 1.36. The molecule has 0 aliphatic rings. The predicted octanol–water partition coefficient (Wildman–Crippen LogP) is 1.30. The first-order valence-corrected chi connectivity index (χ1v) is 5.17. The molecule has 17 heavy (non-hydrogen) atoms. The minimum absolute atomic E-state index is 0.165. The number of amides is 1. The monoisotopic (exact) mass is 233 g/mol. The molecule has 4 nitrogen and oxygen atoms in total. The molecule has 0 unspecified atom stereocenters. The maximum atomic E-state index is 11.4. The molecule has 1 aromatic carbocycles. The van der Waals surface area contributed by atoms with Crippen LogP contribution in [0.1, 0.15) is 12.5 Å². The van der Waals surface area contributed by atoms with Crippen molar-refractivity contribution >= 4 is 6.09 Å². The van der Waals surface area contributed by atoms with Crippen molar-refractivity contribution in [2.45, 2.75) is 19.1 Å². The van der Waals surface area contributed by atoms with Crippen LogP contribution in [0.5, 0.6) is 0 Å². The normalized spacial score (nSPS) is 13.2. The fraction of sp³-hybridized carbons (Fsp3) is 0.308. The summed E-state index contributed by atoms with van der Waals surface area (Å²) in [6, 6.07) is 9.29. The fourth-order valence-corrected chi connectivity index (χ4v) is 1.11. The van der Waals surface area contributed by atoms with Gasteiger partial charge in [0, 0.05) is 0 Å². The van der Waals surface area contributed by atoms with E-state index in [1.165, 1.54) is 6.92 Å². The van der Waals surface area contributed by atoms with Gasteiger partial charge < -0.3 is 15.2 Å². The van der Waals surface area contributed by atoms with E-state index in [0.717, 1.165) is 5.56 Å². The van der Waals surface area contributed by atoms with Crippen LogP contribution in [-0.2, 0) is 11.3 Å². The van der Waals surface area contributed by atoms with Gasteiger partial charge in [-0.25, -0.2) is 4.79 Å². The van der Waals surface area contributed by atoms with Gasteiger partial charge in [0.05, 0.1) is 6.61 Å². The Bertz CT molecular complexity index is 410. The van der Waals surface area contributed by atoms with Gasteiger partial charge in [-0.15, -0.1) is 6.42 Å². The van der Waals surface area contributed by atoms with E-state index in [9.17, 15) is 4.79 Å². The molecule has 0 spiro atoms. The zero-order chi connectivity index (χ0) is 12.7. The van der Waals surface area contributed by atoms with Crippen LogP contribution >= 0.6 is 0 Å². The lowest BCUT2D eigenvalue weighted by Gasteiger charge is -2.21. The standard InChI is InChI=1S/C13H15NO3/c1-3-13(2,10-15)14-12(16)17-9-11-7-5-4-6-8-11/h1,4-8,15H,9-10H2,2H3,(H,14,16)/t13-/m1/s1. The topological polar surface area (TPSA) is 58.6 Å². The van der Waals surface area contributed by atoms with E-state index in [1.807, 2.05) is 30.3 Å². The van der Waals surface area contributed by atoms with E-state index in [1.54, 1.807) is 0 Å². The third kappa shape index (κ3) is 4.17. The molecule has 1 aromatic rings. The molecule has 0 aliphatic heterocycles. The molecule has 0 saturated heterocycles. The van der Waals surface area contributed by atoms with Crippen molar-refractivity contribution in [3.05, 3.63) is 35.9 Å². The van der Waals surface area contributed by atoms with E-state index in [-0.39, 0.29) is 13.2 Å². The highest BCUT2D eigenvalue weighted by Gasteiger charge is 2.23. The molecule has 0 aromatic heterocycles. The van der Waals surface area contributed by atoms with Gasteiger partial charge in [0.15, 0.2) is 0 Å². The Morgan fingerprint density at radius 2 is 2.18 bits per heavy atom. The summed E-state index contributed by atoms with van der Waals surface area (Å²) in [6.07, 6.45) is 4.54. The minimum Gasteiger partial charge on any atom is -0.445 e. The summed E-state index contributed by atoms with van der Waals surface area (Å²) in [5, 5.41) is 11.4. The van der Waals surface area contributed by atoms with Gasteiger partial charge in [0.1, 0.15) is 12.1 Å². The molecule has 2 N–H and O–H groups in total. The molecule has 0 saturated carbocycles. The Balaban J connectivity index is 2.44. The number of benzene rings is 1. The van der Waals surface area contributed by atoms with E-state index >= 15 is 0 Å². The number of aliphatic hydroxyl groups is 1. The van der Waals surface area contributed by atoms with Gasteiger partial charge in [-0.2, -0.15) is 0 Å². The van der Waals surface area contributed by atoms with Crippen molar-refractivity contribution < 1.29 is 14.6 Å². The molecule has 1 rings (SSSR count). The van der Waals surface area contributed by atoms with Crippen molar-refractivity contribution in [1.29, 1.82) is 0 Å². The smallest absolute Gasteiger partial charge is 0.408 e. The molecule has 0 fully saturated rings. The number of hydrogen-bond acceptors (Lipinski definition) is 3. The quantitative estimate of drug-likeness (QED) is 0.771. The average molecular weight is 233 g/mol. The molecular formula is C13H15NO3. The summed E-state index contributed by atoms with van der Waals surface area (Å²) in [5.74, 6) is 2.30. The summed E-state index contributed by atoms with van der Waals surface area (Å²) >= 11 is 0. The fourth-order valence-electron chi connectivity index (χ4n) is 1.11. The number of rotatable bonds is 4. The van der Waals surface area contributed by atoms with Gasteiger partial charge in [-0.3, -0.25) is 0 Å². The third-order valence-electron chi connectivity index (χ3n) is 2.23. The highest BCUT2D eigenvalue weighted by molar-refractivity contribution is 5.69. The number of hydrogen-bond donors (Lipinski definition) is 2. The van der Waals surface area contributed by atoms with Crippen LogP contribution in [0, 0.1) is 12.3 Å². The molecule has 0 heterocycles. The second-order valence-corrected chi connectivity index (χ2v) is 3.82. The molecule has 1 amide bonds. The largest absolute Gasteiger partial charge is 0.445 e. The van der Waals surface area contributed by atoms with Gasteiger partial charge in [0.25, 0.3) is 0 Å². The lowest BCUT2D eigenvalue weighted by molar-refractivity contribution is 0.123. The van der Waals surface area contributed by atoms with Crippen molar-refractivity contribution in [2.75, 3.05) is 6.61 Å². The van der Waals surface area contributed by atoms with Gasteiger partial charge in [-0.1, -0.05) is 36.3 Å². The van der Waals surface area contributed by atoms with E-state index < -0.39 is 11.6 Å². The lowest BCUT2D eigenvalue weighted by Crippen LogP contribution is -2.47. The zero-order valence-electron chi connectivity index (χ0n) is 9.64. The van der Waals surface area contributed by atoms with Gasteiger partial charge in [0.2, 0.25) is 0 Å². The summed E-state index contributed by atoms with van der Waals surface area (Å²) in [4.78, 5) is 11.4. The van der Waals surface area contributed by atoms with Crippen LogP contribution in [-0.4, -0.2) is 23.3 Å². The Labute approximate surface area is 101 Å². The van der Waals surface area contributed by atoms with Crippen molar-refractivity contribution in [1.82, 2.24) is 5.32 Å². The predicted molar refractivity (Wildman–Crippen MR) is 64.1 cm³/mol. The second-order valence-electron chi connectivity index (χ2n) is 3.82. The first-order chi connectivity index (χ1) is 8.09. The molecule has 0 bridgehead atoms. The highest BCUT2D eigenvalue weighted by Crippen LogP contribution is 2.03. The van der Waals surface area contributed by atoms with E-state index in [0.29, 0.717) is 0 Å². The molecule has 1 atom stereocenters. The zero-order valence-corrected chi connectivity index (χ0v) is 9.64. The second kappa shape index (κ2) is 5.92. The van der Waals surface area contributed by atoms with Crippen LogP contribution in [0.15, 0.2) is 30.3 Å². The average Bonchev–Trinajstić information content (AvgIpc) is 2.37. The molecule has 0 aliphatic carbocycles. The van der Waals surface area contributed by atoms with E-state index in [4.69, 9.17) is 16.3 Å². The number of carbonyl (C=O) groups excluding carboxylic acids is 1. The van der Waals surface area contributed by atoms with Crippen LogP contribution in [0.2, 0.25) is 0 Å². The summed E-state index contributed by atoms with van der Waals surface area (Å²) in [5.41, 5.74) is -0.206. The Kier molecular flexibility index (Phi) is 4.56. The number of terminal acetylenes is 1. The number of nitrogens with one attached hydrogen (secondary N) is 1. The summed E-state index contributed by atoms with van der Waals surface area (Å²) in [7, 11) is 0. The summed E-state index contributed by atoms with van der Waals surface area (Å²) < 4.78 is 4.97. The molecule has 0 radical (unpaired) electrons. The molecule has 4 heteroatoms. The van der Waals surface area contributed by atoms with Crippen LogP contribution in [0.4, 0.5) is 4.79 Å². The Morgan fingerprint density at radius 1 is 1.53 bits per heavy atom. The van der Waals surface area contributed by atoms with Crippen LogP contribution in [0.25, 0.3) is 0 Å². The lowest BCUT2D eigenvalue weighted by atomic mass is 10.1. The number of ether oxygens (including phenoxy) is 1. The number of carbonyl (C=O) groups is 1. The minimum atomic E-state index is -1.09. The van der Waals surface area contributed by atoms with E-state index in [2.05, 4.69) is 11.2 Å². The highest BCUT2D eigenvalue weighted by atomic mass is 16.5. The first-order valence-electron chi connectivity index (χ1n) is 5.17. The maximum absolute atomic E-state index is 11.4. The Hall–Kier alpha value is -1.99. The van der Waals surface area contributed by atoms with Crippen molar-refractivity contribution in [3.8, 4) is 12.3 Å². The number of aliphatic hydroxyl groups excluding tert-OH is 1.